The quantitative estimate of drug-likeness (QED) is 0.527. The van der Waals surface area contributed by atoms with Gasteiger partial charge in [0, 0.05) is 32.4 Å². The topological polar surface area (TPSA) is 80.1 Å². The van der Waals surface area contributed by atoms with Crippen LogP contribution in [0.15, 0.2) is 60.2 Å². The van der Waals surface area contributed by atoms with Crippen molar-refractivity contribution in [3.05, 3.63) is 77.1 Å². The van der Waals surface area contributed by atoms with Crippen LogP contribution < -0.4 is 5.32 Å². The van der Waals surface area contributed by atoms with Gasteiger partial charge >= 0.3 is 0 Å². The van der Waals surface area contributed by atoms with Crippen LogP contribution in [-0.2, 0) is 11.2 Å². The minimum absolute atomic E-state index is 0.0470. The van der Waals surface area contributed by atoms with E-state index in [1.807, 2.05) is 46.6 Å². The first kappa shape index (κ1) is 19.4. The lowest BCUT2D eigenvalue weighted by atomic mass is 10.0. The molecule has 1 aliphatic heterocycles. The predicted octanol–water partition coefficient (Wildman–Crippen LogP) is 3.03. The highest BCUT2D eigenvalue weighted by Gasteiger charge is 2.28. The molecule has 4 heterocycles. The lowest BCUT2D eigenvalue weighted by Crippen LogP contribution is -2.36. The fourth-order valence-corrected chi connectivity index (χ4v) is 4.75. The van der Waals surface area contributed by atoms with E-state index in [2.05, 4.69) is 27.5 Å². The van der Waals surface area contributed by atoms with Gasteiger partial charge in [0.1, 0.15) is 5.69 Å². The summed E-state index contributed by atoms with van der Waals surface area (Å²) >= 11 is 1.63. The molecule has 0 aliphatic carbocycles. The third kappa shape index (κ3) is 3.94. The van der Waals surface area contributed by atoms with Crippen molar-refractivity contribution >= 4 is 33.4 Å². The van der Waals surface area contributed by atoms with E-state index in [1.165, 1.54) is 0 Å². The number of carbonyl (C=O) groups excluding carboxylic acids is 2. The number of amides is 2. The van der Waals surface area contributed by atoms with Gasteiger partial charge in [0.15, 0.2) is 0 Å². The summed E-state index contributed by atoms with van der Waals surface area (Å²) in [6.45, 7) is 0.528. The molecule has 1 aliphatic rings. The number of thiophene rings is 1. The van der Waals surface area contributed by atoms with Crippen LogP contribution >= 0.6 is 11.3 Å². The largest absolute Gasteiger partial charge is 0.346 e. The number of rotatable bonds is 5. The third-order valence-electron chi connectivity index (χ3n) is 5.50. The Morgan fingerprint density at radius 3 is 2.81 bits per heavy atom. The first-order valence-corrected chi connectivity index (χ1v) is 11.0. The van der Waals surface area contributed by atoms with Crippen LogP contribution in [0.25, 0.3) is 15.9 Å². The molecule has 0 spiro atoms. The van der Waals surface area contributed by atoms with Gasteiger partial charge in [-0.2, -0.15) is 5.10 Å². The average molecular weight is 432 g/mol. The Hall–Kier alpha value is -3.52. The van der Waals surface area contributed by atoms with Crippen molar-refractivity contribution in [3.63, 3.8) is 0 Å². The van der Waals surface area contributed by atoms with Crippen LogP contribution in [0.5, 0.6) is 0 Å². The third-order valence-corrected chi connectivity index (χ3v) is 6.48. The van der Waals surface area contributed by atoms with E-state index in [9.17, 15) is 9.59 Å². The number of hydrogen-bond acceptors (Lipinski definition) is 5. The number of aromatic nitrogens is 3. The zero-order valence-electron chi connectivity index (χ0n) is 17.0. The molecule has 0 saturated carbocycles. The first-order chi connectivity index (χ1) is 15.1. The SMILES string of the molecule is CN1CC(NC(=O)c2cc(Cc3ccc(-n4cccn4)cc3)c3sccc3n2)CC1=O. The summed E-state index contributed by atoms with van der Waals surface area (Å²) in [5.74, 6) is -0.192. The van der Waals surface area contributed by atoms with Crippen molar-refractivity contribution in [1.29, 1.82) is 0 Å². The summed E-state index contributed by atoms with van der Waals surface area (Å²) in [6.07, 6.45) is 4.69. The highest BCUT2D eigenvalue weighted by Crippen LogP contribution is 2.27. The zero-order valence-corrected chi connectivity index (χ0v) is 17.8. The molecule has 1 fully saturated rings. The number of likely N-dealkylation sites (tertiary alicyclic amines) is 1. The van der Waals surface area contributed by atoms with Crippen molar-refractivity contribution in [3.8, 4) is 5.69 Å². The Balaban J connectivity index is 1.39. The lowest BCUT2D eigenvalue weighted by molar-refractivity contribution is -0.126. The van der Waals surface area contributed by atoms with Gasteiger partial charge in [-0.3, -0.25) is 9.59 Å². The zero-order chi connectivity index (χ0) is 21.4. The minimum Gasteiger partial charge on any atom is -0.346 e. The summed E-state index contributed by atoms with van der Waals surface area (Å²) < 4.78 is 2.91. The van der Waals surface area contributed by atoms with Crippen molar-refractivity contribution < 1.29 is 9.59 Å². The van der Waals surface area contributed by atoms with Crippen LogP contribution in [0.1, 0.15) is 28.0 Å². The molecule has 0 radical (unpaired) electrons. The number of nitrogens with zero attached hydrogens (tertiary/aromatic N) is 4. The van der Waals surface area contributed by atoms with E-state index >= 15 is 0 Å². The standard InChI is InChI=1S/C23H21N5O2S/c1-27-14-17(13-21(27)29)25-23(30)20-12-16(22-19(26-20)7-10-31-22)11-15-3-5-18(6-4-15)28-9-2-8-24-28/h2-10,12,17H,11,13-14H2,1H3,(H,25,30). The molecule has 0 bridgehead atoms. The van der Waals surface area contributed by atoms with Crippen LogP contribution in [-0.4, -0.2) is 51.1 Å². The van der Waals surface area contributed by atoms with Gasteiger partial charge in [-0.25, -0.2) is 9.67 Å². The van der Waals surface area contributed by atoms with Gasteiger partial charge in [-0.05, 0) is 53.3 Å². The molecule has 156 valence electrons. The molecule has 1 unspecified atom stereocenters. The Morgan fingerprint density at radius 1 is 1.26 bits per heavy atom. The normalized spacial score (nSPS) is 16.2. The van der Waals surface area contributed by atoms with Crippen molar-refractivity contribution in [2.75, 3.05) is 13.6 Å². The van der Waals surface area contributed by atoms with Crippen LogP contribution in [0.2, 0.25) is 0 Å². The molecule has 7 nitrogen and oxygen atoms in total. The molecular formula is C23H21N5O2S. The molecule has 1 aromatic carbocycles. The summed E-state index contributed by atoms with van der Waals surface area (Å²) in [5, 5.41) is 9.21. The molecule has 2 amide bonds. The maximum Gasteiger partial charge on any atom is 0.270 e. The fraction of sp³-hybridized carbons (Fsp3) is 0.217. The molecule has 5 rings (SSSR count). The fourth-order valence-electron chi connectivity index (χ4n) is 3.90. The highest BCUT2D eigenvalue weighted by atomic mass is 32.1. The molecule has 1 saturated heterocycles. The van der Waals surface area contributed by atoms with E-state index in [0.29, 0.717) is 25.1 Å². The van der Waals surface area contributed by atoms with Crippen molar-refractivity contribution in [2.24, 2.45) is 0 Å². The number of pyridine rings is 1. The summed E-state index contributed by atoms with van der Waals surface area (Å²) in [7, 11) is 1.75. The van der Waals surface area contributed by atoms with E-state index in [4.69, 9.17) is 0 Å². The molecule has 4 aromatic rings. The number of nitrogens with one attached hydrogen (secondary N) is 1. The molecule has 1 atom stereocenters. The predicted molar refractivity (Wildman–Crippen MR) is 119 cm³/mol. The highest BCUT2D eigenvalue weighted by molar-refractivity contribution is 7.17. The van der Waals surface area contributed by atoms with Gasteiger partial charge in [0.05, 0.1) is 21.9 Å². The number of benzene rings is 1. The Morgan fingerprint density at radius 2 is 2.10 bits per heavy atom. The van der Waals surface area contributed by atoms with Gasteiger partial charge in [0.25, 0.3) is 5.91 Å². The summed E-state index contributed by atoms with van der Waals surface area (Å²) in [4.78, 5) is 30.8. The molecule has 3 aromatic heterocycles. The maximum atomic E-state index is 12.9. The second-order valence-corrected chi connectivity index (χ2v) is 8.66. The van der Waals surface area contributed by atoms with Gasteiger partial charge in [-0.15, -0.1) is 11.3 Å². The number of fused-ring (bicyclic) bond motifs is 1. The van der Waals surface area contributed by atoms with E-state index in [0.717, 1.165) is 27.0 Å². The first-order valence-electron chi connectivity index (χ1n) is 10.1. The number of likely N-dealkylation sites (N-methyl/N-ethyl adjacent to an activating group) is 1. The summed E-state index contributed by atoms with van der Waals surface area (Å²) in [6, 6.07) is 13.8. The van der Waals surface area contributed by atoms with Crippen LogP contribution in [0.3, 0.4) is 0 Å². The Bertz CT molecular complexity index is 1250. The molecule has 31 heavy (non-hydrogen) atoms. The van der Waals surface area contributed by atoms with Crippen LogP contribution in [0.4, 0.5) is 0 Å². The summed E-state index contributed by atoms with van der Waals surface area (Å²) in [5.41, 5.74) is 4.42. The number of carbonyl (C=O) groups is 2. The van der Waals surface area contributed by atoms with Gasteiger partial charge < -0.3 is 10.2 Å². The van der Waals surface area contributed by atoms with Crippen molar-refractivity contribution in [1.82, 2.24) is 25.0 Å². The molecule has 1 N–H and O–H groups in total. The maximum absolute atomic E-state index is 12.9. The molecular weight excluding hydrogens is 410 g/mol. The average Bonchev–Trinajstić information content (AvgIpc) is 3.51. The van der Waals surface area contributed by atoms with E-state index in [1.54, 1.807) is 29.5 Å². The van der Waals surface area contributed by atoms with E-state index in [-0.39, 0.29) is 17.9 Å². The smallest absolute Gasteiger partial charge is 0.270 e. The van der Waals surface area contributed by atoms with Crippen LogP contribution in [0, 0.1) is 0 Å². The van der Waals surface area contributed by atoms with Crippen molar-refractivity contribution in [2.45, 2.75) is 18.9 Å². The Kier molecular flexibility index (Phi) is 4.99. The second kappa shape index (κ2) is 7.96. The minimum atomic E-state index is -0.239. The van der Waals surface area contributed by atoms with Gasteiger partial charge in [-0.1, -0.05) is 12.1 Å². The monoisotopic (exact) mass is 431 g/mol. The van der Waals surface area contributed by atoms with Gasteiger partial charge in [0.2, 0.25) is 5.91 Å². The van der Waals surface area contributed by atoms with E-state index < -0.39 is 0 Å². The number of hydrogen-bond donors (Lipinski definition) is 1. The second-order valence-electron chi connectivity index (χ2n) is 7.74. The Labute approximate surface area is 183 Å². The molecule has 8 heteroatoms. The lowest BCUT2D eigenvalue weighted by Gasteiger charge is -2.13.